The maximum absolute atomic E-state index is 4.99. The average Bonchev–Trinajstić information content (AvgIpc) is 2.60. The first kappa shape index (κ1) is 10.6. The number of rotatable bonds is 4. The van der Waals surface area contributed by atoms with Crippen LogP contribution in [-0.2, 0) is 11.2 Å². The lowest BCUT2D eigenvalue weighted by Crippen LogP contribution is -1.93. The van der Waals surface area contributed by atoms with Crippen LogP contribution in [0.25, 0.3) is 11.2 Å². The van der Waals surface area contributed by atoms with Crippen LogP contribution in [0.15, 0.2) is 16.7 Å². The van der Waals surface area contributed by atoms with Gasteiger partial charge in [0, 0.05) is 30.8 Å². The highest BCUT2D eigenvalue weighted by Gasteiger charge is 2.03. The summed E-state index contributed by atoms with van der Waals surface area (Å²) in [4.78, 5) is 11.8. The van der Waals surface area contributed by atoms with Gasteiger partial charge in [-0.1, -0.05) is 0 Å². The normalized spacial score (nSPS) is 11.1. The van der Waals surface area contributed by atoms with Crippen molar-refractivity contribution < 1.29 is 4.74 Å². The van der Waals surface area contributed by atoms with Crippen LogP contribution in [-0.4, -0.2) is 28.7 Å². The van der Waals surface area contributed by atoms with Crippen molar-refractivity contribution >= 4 is 27.1 Å². The summed E-state index contributed by atoms with van der Waals surface area (Å²) in [6.45, 7) is 0.758. The van der Waals surface area contributed by atoms with E-state index >= 15 is 0 Å². The van der Waals surface area contributed by atoms with Gasteiger partial charge in [-0.3, -0.25) is 0 Å². The number of fused-ring (bicyclic) bond motifs is 1. The van der Waals surface area contributed by atoms with Crippen molar-refractivity contribution in [2.24, 2.45) is 0 Å². The summed E-state index contributed by atoms with van der Waals surface area (Å²) in [5.41, 5.74) is 1.74. The standard InChI is InChI=1S/C10H12BrN3O/c1-15-4-2-3-9-13-8-5-7(11)6-12-10(8)14-9/h5-6H,2-4H2,1H3,(H,12,13,14). The Morgan fingerprint density at radius 1 is 1.53 bits per heavy atom. The number of imidazole rings is 1. The van der Waals surface area contributed by atoms with Crippen molar-refractivity contribution in [3.8, 4) is 0 Å². The highest BCUT2D eigenvalue weighted by molar-refractivity contribution is 9.10. The molecule has 0 unspecified atom stereocenters. The third-order valence-corrected chi connectivity index (χ3v) is 2.55. The molecule has 80 valence electrons. The molecule has 0 radical (unpaired) electrons. The number of hydrogen-bond acceptors (Lipinski definition) is 3. The van der Waals surface area contributed by atoms with Gasteiger partial charge in [0.25, 0.3) is 0 Å². The fraction of sp³-hybridized carbons (Fsp3) is 0.400. The van der Waals surface area contributed by atoms with Crippen LogP contribution in [0.4, 0.5) is 0 Å². The number of aryl methyl sites for hydroxylation is 1. The minimum absolute atomic E-state index is 0.758. The van der Waals surface area contributed by atoms with E-state index in [1.807, 2.05) is 6.07 Å². The Labute approximate surface area is 96.2 Å². The van der Waals surface area contributed by atoms with Gasteiger partial charge in [0.2, 0.25) is 0 Å². The van der Waals surface area contributed by atoms with E-state index in [0.717, 1.165) is 40.9 Å². The number of halogens is 1. The molecule has 0 saturated carbocycles. The first-order valence-corrected chi connectivity index (χ1v) is 5.58. The van der Waals surface area contributed by atoms with Crippen LogP contribution in [0.1, 0.15) is 12.2 Å². The summed E-state index contributed by atoms with van der Waals surface area (Å²) in [7, 11) is 1.71. The molecule has 2 aromatic heterocycles. The van der Waals surface area contributed by atoms with Gasteiger partial charge in [-0.05, 0) is 28.4 Å². The second-order valence-electron chi connectivity index (χ2n) is 3.30. The van der Waals surface area contributed by atoms with Gasteiger partial charge < -0.3 is 9.72 Å². The molecule has 0 bridgehead atoms. The molecule has 0 amide bonds. The van der Waals surface area contributed by atoms with Gasteiger partial charge >= 0.3 is 0 Å². The molecule has 5 heteroatoms. The first-order chi connectivity index (χ1) is 7.29. The predicted octanol–water partition coefficient (Wildman–Crippen LogP) is 2.30. The maximum Gasteiger partial charge on any atom is 0.177 e. The molecule has 1 N–H and O–H groups in total. The molecule has 0 atom stereocenters. The van der Waals surface area contributed by atoms with E-state index < -0.39 is 0 Å². The zero-order valence-corrected chi connectivity index (χ0v) is 10.0. The largest absolute Gasteiger partial charge is 0.385 e. The number of nitrogens with one attached hydrogen (secondary N) is 1. The third kappa shape index (κ3) is 2.54. The predicted molar refractivity (Wildman–Crippen MR) is 61.8 cm³/mol. The van der Waals surface area contributed by atoms with Gasteiger partial charge in [0.1, 0.15) is 5.82 Å². The Hall–Kier alpha value is -0.940. The number of aromatic nitrogens is 3. The monoisotopic (exact) mass is 269 g/mol. The Balaban J connectivity index is 2.16. The fourth-order valence-corrected chi connectivity index (χ4v) is 1.76. The summed E-state index contributed by atoms with van der Waals surface area (Å²) in [6, 6.07) is 1.98. The molecule has 0 aromatic carbocycles. The van der Waals surface area contributed by atoms with Crippen LogP contribution < -0.4 is 0 Å². The quantitative estimate of drug-likeness (QED) is 0.867. The van der Waals surface area contributed by atoms with Gasteiger partial charge in [-0.15, -0.1) is 0 Å². The summed E-state index contributed by atoms with van der Waals surface area (Å²) < 4.78 is 5.95. The molecule has 4 nitrogen and oxygen atoms in total. The zero-order valence-electron chi connectivity index (χ0n) is 8.46. The molecule has 0 aliphatic rings. The summed E-state index contributed by atoms with van der Waals surface area (Å²) in [5.74, 6) is 0.965. The lowest BCUT2D eigenvalue weighted by atomic mass is 10.3. The van der Waals surface area contributed by atoms with Crippen LogP contribution in [0.5, 0.6) is 0 Å². The number of H-pyrrole nitrogens is 1. The van der Waals surface area contributed by atoms with Crippen molar-refractivity contribution in [1.82, 2.24) is 15.0 Å². The zero-order chi connectivity index (χ0) is 10.7. The molecule has 0 saturated heterocycles. The van der Waals surface area contributed by atoms with Gasteiger partial charge in [0.05, 0.1) is 5.52 Å². The second kappa shape index (κ2) is 4.72. The lowest BCUT2D eigenvalue weighted by molar-refractivity contribution is 0.194. The third-order valence-electron chi connectivity index (χ3n) is 2.12. The van der Waals surface area contributed by atoms with Crippen molar-refractivity contribution in [3.05, 3.63) is 22.6 Å². The van der Waals surface area contributed by atoms with Crippen molar-refractivity contribution in [2.45, 2.75) is 12.8 Å². The number of nitrogens with zero attached hydrogens (tertiary/aromatic N) is 2. The summed E-state index contributed by atoms with van der Waals surface area (Å²) in [5, 5.41) is 0. The molecule has 0 fully saturated rings. The highest BCUT2D eigenvalue weighted by Crippen LogP contribution is 2.15. The van der Waals surface area contributed by atoms with Crippen LogP contribution >= 0.6 is 15.9 Å². The molecule has 2 rings (SSSR count). The van der Waals surface area contributed by atoms with Crippen molar-refractivity contribution in [2.75, 3.05) is 13.7 Å². The van der Waals surface area contributed by atoms with E-state index in [1.165, 1.54) is 0 Å². The molecule has 0 spiro atoms. The molecular weight excluding hydrogens is 258 g/mol. The Morgan fingerprint density at radius 2 is 2.40 bits per heavy atom. The van der Waals surface area contributed by atoms with E-state index in [2.05, 4.69) is 30.9 Å². The summed E-state index contributed by atoms with van der Waals surface area (Å²) >= 11 is 3.38. The SMILES string of the molecule is COCCCc1nc2ncc(Br)cc2[nH]1. The number of methoxy groups -OCH3 is 1. The first-order valence-electron chi connectivity index (χ1n) is 4.78. The molecular formula is C10H12BrN3O. The smallest absolute Gasteiger partial charge is 0.177 e. The average molecular weight is 270 g/mol. The second-order valence-corrected chi connectivity index (χ2v) is 4.22. The Kier molecular flexibility index (Phi) is 3.33. The number of aromatic amines is 1. The topological polar surface area (TPSA) is 50.8 Å². The highest BCUT2D eigenvalue weighted by atomic mass is 79.9. The van der Waals surface area contributed by atoms with Gasteiger partial charge in [-0.25, -0.2) is 9.97 Å². The minimum atomic E-state index is 0.758. The van der Waals surface area contributed by atoms with Crippen molar-refractivity contribution in [1.29, 1.82) is 0 Å². The van der Waals surface area contributed by atoms with Crippen LogP contribution in [0.3, 0.4) is 0 Å². The van der Waals surface area contributed by atoms with Crippen LogP contribution in [0, 0.1) is 0 Å². The lowest BCUT2D eigenvalue weighted by Gasteiger charge is -1.94. The van der Waals surface area contributed by atoms with Gasteiger partial charge in [-0.2, -0.15) is 0 Å². The molecule has 2 aromatic rings. The Morgan fingerprint density at radius 3 is 3.20 bits per heavy atom. The molecule has 2 heterocycles. The Bertz CT molecular complexity index is 455. The van der Waals surface area contributed by atoms with E-state index in [1.54, 1.807) is 13.3 Å². The van der Waals surface area contributed by atoms with E-state index in [-0.39, 0.29) is 0 Å². The van der Waals surface area contributed by atoms with Gasteiger partial charge in [0.15, 0.2) is 5.65 Å². The minimum Gasteiger partial charge on any atom is -0.385 e. The molecule has 0 aliphatic carbocycles. The van der Waals surface area contributed by atoms with E-state index in [9.17, 15) is 0 Å². The van der Waals surface area contributed by atoms with E-state index in [0.29, 0.717) is 0 Å². The maximum atomic E-state index is 4.99. The van der Waals surface area contributed by atoms with Crippen LogP contribution in [0.2, 0.25) is 0 Å². The van der Waals surface area contributed by atoms with Crippen molar-refractivity contribution in [3.63, 3.8) is 0 Å². The fourth-order valence-electron chi connectivity index (χ4n) is 1.43. The number of pyridine rings is 1. The number of hydrogen-bond donors (Lipinski definition) is 1. The molecule has 0 aliphatic heterocycles. The van der Waals surface area contributed by atoms with E-state index in [4.69, 9.17) is 4.74 Å². The number of ether oxygens (including phenoxy) is 1. The molecule has 15 heavy (non-hydrogen) atoms. The summed E-state index contributed by atoms with van der Waals surface area (Å²) in [6.07, 6.45) is 3.61.